The molecular weight excluding hydrogens is 350 g/mol. The highest BCUT2D eigenvalue weighted by molar-refractivity contribution is 5.94. The second kappa shape index (κ2) is 9.63. The van der Waals surface area contributed by atoms with Gasteiger partial charge in [0, 0.05) is 17.2 Å². The van der Waals surface area contributed by atoms with Crippen LogP contribution in [-0.4, -0.2) is 19.1 Å². The third kappa shape index (κ3) is 5.28. The van der Waals surface area contributed by atoms with Gasteiger partial charge in [-0.2, -0.15) is 0 Å². The predicted molar refractivity (Wildman–Crippen MR) is 112 cm³/mol. The van der Waals surface area contributed by atoms with Crippen LogP contribution in [0.15, 0.2) is 36.4 Å². The zero-order valence-corrected chi connectivity index (χ0v) is 17.2. The molecule has 0 bridgehead atoms. The molecule has 1 N–H and O–H groups in total. The molecule has 150 valence electrons. The highest BCUT2D eigenvalue weighted by atomic mass is 16.5. The molecule has 2 aromatic carbocycles. The number of ether oxygens (including phenoxy) is 2. The Kier molecular flexibility index (Phi) is 6.96. The quantitative estimate of drug-likeness (QED) is 0.687. The largest absolute Gasteiger partial charge is 0.496 e. The first kappa shape index (κ1) is 20.2. The molecule has 2 aromatic rings. The molecule has 28 heavy (non-hydrogen) atoms. The predicted octanol–water partition coefficient (Wildman–Crippen LogP) is 5.34. The second-order valence-corrected chi connectivity index (χ2v) is 7.72. The molecule has 0 heterocycles. The Labute approximate surface area is 168 Å². The molecule has 0 atom stereocenters. The van der Waals surface area contributed by atoms with Crippen LogP contribution in [0.2, 0.25) is 0 Å². The summed E-state index contributed by atoms with van der Waals surface area (Å²) in [7, 11) is 1.64. The maximum absolute atomic E-state index is 12.7. The number of carbonyl (C=O) groups excluding carboxylic acids is 1. The summed E-state index contributed by atoms with van der Waals surface area (Å²) in [6.07, 6.45) is 7.09. The summed E-state index contributed by atoms with van der Waals surface area (Å²) >= 11 is 0. The number of aryl methyl sites for hydroxylation is 2. The van der Waals surface area contributed by atoms with Crippen LogP contribution in [0, 0.1) is 13.8 Å². The van der Waals surface area contributed by atoms with E-state index >= 15 is 0 Å². The van der Waals surface area contributed by atoms with Gasteiger partial charge in [-0.05, 0) is 68.1 Å². The molecule has 1 fully saturated rings. The average molecular weight is 382 g/mol. The smallest absolute Gasteiger partial charge is 0.251 e. The number of amides is 1. The standard InChI is InChI=1S/C24H31NO3/c1-17-10-12-22(14-18(17)2)28-16-20-15-19(11-13-23(20)27-3)24(26)25-21-8-6-4-5-7-9-21/h10-15,21H,4-9,16H2,1-3H3,(H,25,26). The molecule has 0 saturated heterocycles. The Bertz CT molecular complexity index is 807. The van der Waals surface area contributed by atoms with E-state index in [0.29, 0.717) is 12.2 Å². The van der Waals surface area contributed by atoms with Crippen molar-refractivity contribution >= 4 is 5.91 Å². The van der Waals surface area contributed by atoms with Gasteiger partial charge in [0.15, 0.2) is 0 Å². The Morgan fingerprint density at radius 1 is 1.00 bits per heavy atom. The van der Waals surface area contributed by atoms with Crippen LogP contribution in [0.4, 0.5) is 0 Å². The normalized spacial score (nSPS) is 15.0. The van der Waals surface area contributed by atoms with Gasteiger partial charge in [0.2, 0.25) is 0 Å². The minimum Gasteiger partial charge on any atom is -0.496 e. The van der Waals surface area contributed by atoms with E-state index in [4.69, 9.17) is 9.47 Å². The number of rotatable bonds is 6. The monoisotopic (exact) mass is 381 g/mol. The molecule has 1 aliphatic rings. The third-order valence-electron chi connectivity index (χ3n) is 5.61. The van der Waals surface area contributed by atoms with Crippen molar-refractivity contribution in [2.75, 3.05) is 7.11 Å². The van der Waals surface area contributed by atoms with Crippen LogP contribution in [0.3, 0.4) is 0 Å². The van der Waals surface area contributed by atoms with Gasteiger partial charge in [0.05, 0.1) is 7.11 Å². The number of nitrogens with one attached hydrogen (secondary N) is 1. The second-order valence-electron chi connectivity index (χ2n) is 7.72. The highest BCUT2D eigenvalue weighted by Crippen LogP contribution is 2.24. The van der Waals surface area contributed by atoms with Crippen molar-refractivity contribution in [3.63, 3.8) is 0 Å². The third-order valence-corrected chi connectivity index (χ3v) is 5.61. The number of hydrogen-bond acceptors (Lipinski definition) is 3. The van der Waals surface area contributed by atoms with Crippen LogP contribution >= 0.6 is 0 Å². The van der Waals surface area contributed by atoms with Gasteiger partial charge in [-0.15, -0.1) is 0 Å². The van der Waals surface area contributed by atoms with Crippen LogP contribution in [0.25, 0.3) is 0 Å². The van der Waals surface area contributed by atoms with Crippen LogP contribution in [-0.2, 0) is 6.61 Å². The van der Waals surface area contributed by atoms with Crippen molar-refractivity contribution in [1.29, 1.82) is 0 Å². The van der Waals surface area contributed by atoms with Crippen molar-refractivity contribution < 1.29 is 14.3 Å². The molecule has 0 unspecified atom stereocenters. The van der Waals surface area contributed by atoms with Crippen molar-refractivity contribution in [2.24, 2.45) is 0 Å². The summed E-state index contributed by atoms with van der Waals surface area (Å²) in [6.45, 7) is 4.51. The van der Waals surface area contributed by atoms with Gasteiger partial charge >= 0.3 is 0 Å². The van der Waals surface area contributed by atoms with E-state index in [1.54, 1.807) is 7.11 Å². The van der Waals surface area contributed by atoms with Crippen molar-refractivity contribution in [2.45, 2.75) is 65.0 Å². The molecular formula is C24H31NO3. The van der Waals surface area contributed by atoms with Crippen molar-refractivity contribution in [3.05, 3.63) is 58.7 Å². The van der Waals surface area contributed by atoms with Crippen LogP contribution in [0.5, 0.6) is 11.5 Å². The fraction of sp³-hybridized carbons (Fsp3) is 0.458. The van der Waals surface area contributed by atoms with Crippen molar-refractivity contribution in [3.8, 4) is 11.5 Å². The first-order valence-electron chi connectivity index (χ1n) is 10.2. The molecule has 0 radical (unpaired) electrons. The van der Waals surface area contributed by atoms with E-state index in [-0.39, 0.29) is 11.9 Å². The molecule has 4 heteroatoms. The Hall–Kier alpha value is -2.49. The van der Waals surface area contributed by atoms with E-state index in [9.17, 15) is 4.79 Å². The first-order valence-corrected chi connectivity index (χ1v) is 10.2. The summed E-state index contributed by atoms with van der Waals surface area (Å²) in [5.74, 6) is 1.54. The highest BCUT2D eigenvalue weighted by Gasteiger charge is 2.17. The average Bonchev–Trinajstić information content (AvgIpc) is 2.97. The molecule has 1 saturated carbocycles. The molecule has 0 aromatic heterocycles. The van der Waals surface area contributed by atoms with E-state index in [1.807, 2.05) is 30.3 Å². The van der Waals surface area contributed by atoms with Gasteiger partial charge in [0.1, 0.15) is 18.1 Å². The Balaban J connectivity index is 1.69. The topological polar surface area (TPSA) is 47.6 Å². The van der Waals surface area contributed by atoms with Gasteiger partial charge in [-0.1, -0.05) is 31.7 Å². The summed E-state index contributed by atoms with van der Waals surface area (Å²) in [5, 5.41) is 3.21. The van der Waals surface area contributed by atoms with Crippen molar-refractivity contribution in [1.82, 2.24) is 5.32 Å². The van der Waals surface area contributed by atoms with E-state index < -0.39 is 0 Å². The van der Waals surface area contributed by atoms with Gasteiger partial charge in [0.25, 0.3) is 5.91 Å². The molecule has 0 aliphatic heterocycles. The number of hydrogen-bond donors (Lipinski definition) is 1. The Morgan fingerprint density at radius 2 is 1.75 bits per heavy atom. The minimum atomic E-state index is -0.0121. The fourth-order valence-corrected chi connectivity index (χ4v) is 3.69. The molecule has 1 aliphatic carbocycles. The zero-order valence-electron chi connectivity index (χ0n) is 17.2. The first-order chi connectivity index (χ1) is 13.6. The Morgan fingerprint density at radius 3 is 2.43 bits per heavy atom. The van der Waals surface area contributed by atoms with E-state index in [0.717, 1.165) is 29.9 Å². The lowest BCUT2D eigenvalue weighted by Gasteiger charge is -2.17. The van der Waals surface area contributed by atoms with Gasteiger partial charge < -0.3 is 14.8 Å². The lowest BCUT2D eigenvalue weighted by molar-refractivity contribution is 0.0933. The van der Waals surface area contributed by atoms with E-state index in [1.165, 1.54) is 36.8 Å². The summed E-state index contributed by atoms with van der Waals surface area (Å²) in [6, 6.07) is 11.9. The summed E-state index contributed by atoms with van der Waals surface area (Å²) in [5.41, 5.74) is 3.96. The maximum Gasteiger partial charge on any atom is 0.251 e. The number of benzene rings is 2. The SMILES string of the molecule is COc1ccc(C(=O)NC2CCCCCC2)cc1COc1ccc(C)c(C)c1. The summed E-state index contributed by atoms with van der Waals surface area (Å²) in [4.78, 5) is 12.7. The number of carbonyl (C=O) groups is 1. The minimum absolute atomic E-state index is 0.0121. The van der Waals surface area contributed by atoms with E-state index in [2.05, 4.69) is 25.2 Å². The summed E-state index contributed by atoms with van der Waals surface area (Å²) < 4.78 is 11.4. The lowest BCUT2D eigenvalue weighted by Crippen LogP contribution is -2.34. The lowest BCUT2D eigenvalue weighted by atomic mass is 10.1. The zero-order chi connectivity index (χ0) is 19.9. The van der Waals surface area contributed by atoms with Gasteiger partial charge in [-0.3, -0.25) is 4.79 Å². The number of methoxy groups -OCH3 is 1. The van der Waals surface area contributed by atoms with Gasteiger partial charge in [-0.25, -0.2) is 0 Å². The molecule has 1 amide bonds. The molecule has 0 spiro atoms. The van der Waals surface area contributed by atoms with Crippen LogP contribution < -0.4 is 14.8 Å². The maximum atomic E-state index is 12.7. The fourth-order valence-electron chi connectivity index (χ4n) is 3.69. The molecule has 4 nitrogen and oxygen atoms in total. The van der Waals surface area contributed by atoms with Crippen LogP contribution in [0.1, 0.15) is 65.6 Å². The molecule has 3 rings (SSSR count).